The third kappa shape index (κ3) is 4.32. The van der Waals surface area contributed by atoms with E-state index in [0.717, 1.165) is 29.1 Å². The van der Waals surface area contributed by atoms with Crippen molar-refractivity contribution < 1.29 is 22.7 Å². The lowest BCUT2D eigenvalue weighted by Gasteiger charge is -2.46. The highest BCUT2D eigenvalue weighted by Crippen LogP contribution is 2.36. The number of carbonyl (C=O) groups is 1. The van der Waals surface area contributed by atoms with Crippen LogP contribution in [0.2, 0.25) is 0 Å². The number of methoxy groups -OCH3 is 1. The molecule has 1 amide bonds. The van der Waals surface area contributed by atoms with Crippen molar-refractivity contribution in [1.29, 1.82) is 0 Å². The van der Waals surface area contributed by atoms with Gasteiger partial charge in [0.2, 0.25) is 0 Å². The van der Waals surface area contributed by atoms with Gasteiger partial charge in [0.25, 0.3) is 5.91 Å². The number of hydrogen-bond acceptors (Lipinski definition) is 4. The Morgan fingerprint density at radius 3 is 2.60 bits per heavy atom. The van der Waals surface area contributed by atoms with Crippen LogP contribution in [0, 0.1) is 24.4 Å². The van der Waals surface area contributed by atoms with Crippen molar-refractivity contribution >= 4 is 12.0 Å². The summed E-state index contributed by atoms with van der Waals surface area (Å²) >= 11 is 0. The van der Waals surface area contributed by atoms with E-state index in [1.165, 1.54) is 0 Å². The molecule has 0 radical (unpaired) electrons. The minimum Gasteiger partial charge on any atom is -0.495 e. The van der Waals surface area contributed by atoms with Crippen LogP contribution in [0.15, 0.2) is 48.4 Å². The normalized spacial score (nSPS) is 21.3. The largest absolute Gasteiger partial charge is 0.495 e. The zero-order valence-corrected chi connectivity index (χ0v) is 19.4. The zero-order valence-electron chi connectivity index (χ0n) is 19.4. The van der Waals surface area contributed by atoms with Crippen molar-refractivity contribution in [3.63, 3.8) is 0 Å². The molecular weight excluding hydrogens is 457 g/mol. The van der Waals surface area contributed by atoms with Gasteiger partial charge in [-0.2, -0.15) is 0 Å². The molecule has 0 aliphatic carbocycles. The number of nitrogens with one attached hydrogen (secondary N) is 1. The maximum atomic E-state index is 13.9. The molecule has 2 atom stereocenters. The van der Waals surface area contributed by atoms with Crippen molar-refractivity contribution in [2.45, 2.75) is 31.8 Å². The highest BCUT2D eigenvalue weighted by Gasteiger charge is 2.39. The Morgan fingerprint density at radius 1 is 1.14 bits per heavy atom. The molecule has 2 saturated heterocycles. The van der Waals surface area contributed by atoms with Gasteiger partial charge in [-0.15, -0.1) is 0 Å². The maximum Gasteiger partial charge on any atom is 0.250 e. The molecule has 6 nitrogen and oxygen atoms in total. The Hall–Kier alpha value is -3.59. The number of piperazine rings is 1. The van der Waals surface area contributed by atoms with Crippen LogP contribution in [0.25, 0.3) is 11.8 Å². The summed E-state index contributed by atoms with van der Waals surface area (Å²) in [6.45, 7) is 2.82. The lowest BCUT2D eigenvalue weighted by atomic mass is 9.89. The summed E-state index contributed by atoms with van der Waals surface area (Å²) in [5, 5.41) is 3.23. The second-order valence-corrected chi connectivity index (χ2v) is 8.90. The number of hydrogen-bond donors (Lipinski definition) is 1. The van der Waals surface area contributed by atoms with Gasteiger partial charge in [0.05, 0.1) is 30.9 Å². The predicted molar refractivity (Wildman–Crippen MR) is 125 cm³/mol. The number of fused-ring (bicyclic) bond motifs is 1. The summed E-state index contributed by atoms with van der Waals surface area (Å²) in [6.07, 6.45) is 6.71. The van der Waals surface area contributed by atoms with E-state index < -0.39 is 23.5 Å². The van der Waals surface area contributed by atoms with Gasteiger partial charge >= 0.3 is 0 Å². The van der Waals surface area contributed by atoms with Gasteiger partial charge in [0.1, 0.15) is 5.75 Å². The van der Waals surface area contributed by atoms with E-state index in [9.17, 15) is 18.0 Å². The molecule has 3 aromatic rings. The van der Waals surface area contributed by atoms with E-state index in [-0.39, 0.29) is 17.5 Å². The van der Waals surface area contributed by atoms with E-state index in [1.807, 2.05) is 42.0 Å². The number of benzene rings is 2. The fourth-order valence-electron chi connectivity index (χ4n) is 4.91. The second-order valence-electron chi connectivity index (χ2n) is 8.90. The van der Waals surface area contributed by atoms with Gasteiger partial charge in [0.15, 0.2) is 17.5 Å². The van der Waals surface area contributed by atoms with Gasteiger partial charge in [-0.05, 0) is 61.2 Å². The van der Waals surface area contributed by atoms with Gasteiger partial charge in [-0.3, -0.25) is 4.79 Å². The first-order valence-electron chi connectivity index (χ1n) is 11.4. The number of amides is 1. The number of ether oxygens (including phenoxy) is 1. The number of aromatic nitrogens is 2. The van der Waals surface area contributed by atoms with Crippen molar-refractivity contribution in [2.24, 2.45) is 0 Å². The Bertz CT molecular complexity index is 1300. The Labute approximate surface area is 201 Å². The molecule has 2 aromatic carbocycles. The zero-order chi connectivity index (χ0) is 24.7. The fraction of sp³-hybridized carbons (Fsp3) is 0.308. The number of halogens is 3. The van der Waals surface area contributed by atoms with E-state index in [4.69, 9.17) is 4.74 Å². The number of aryl methyl sites for hydroxylation is 1. The minimum absolute atomic E-state index is 0.115. The summed E-state index contributed by atoms with van der Waals surface area (Å²) in [5.41, 5.74) is 3.34. The van der Waals surface area contributed by atoms with Crippen molar-refractivity contribution in [3.05, 3.63) is 82.7 Å². The van der Waals surface area contributed by atoms with Crippen LogP contribution >= 0.6 is 0 Å². The Morgan fingerprint density at radius 2 is 1.91 bits per heavy atom. The molecule has 2 aliphatic heterocycles. The molecule has 0 bridgehead atoms. The van der Waals surface area contributed by atoms with Gasteiger partial charge < -0.3 is 19.5 Å². The van der Waals surface area contributed by atoms with Crippen LogP contribution in [0.3, 0.4) is 0 Å². The molecule has 0 saturated carbocycles. The van der Waals surface area contributed by atoms with Crippen molar-refractivity contribution in [2.75, 3.05) is 20.2 Å². The Kier molecular flexibility index (Phi) is 6.10. The molecule has 2 fully saturated rings. The number of rotatable bonds is 4. The molecule has 182 valence electrons. The summed E-state index contributed by atoms with van der Waals surface area (Å²) in [5.74, 6) is -3.59. The SMILES string of the molecule is COc1cc(/C=C2\CC[C@H]3CNCC(c4cc(F)c(F)c(F)c4)N3C2=O)ccc1-n1cnc(C)c1. The summed E-state index contributed by atoms with van der Waals surface area (Å²) in [4.78, 5) is 19.5. The number of imidazole rings is 1. The van der Waals surface area contributed by atoms with Crippen LogP contribution in [0.5, 0.6) is 5.75 Å². The van der Waals surface area contributed by atoms with Crippen LogP contribution in [-0.4, -0.2) is 46.6 Å². The molecule has 1 N–H and O–H groups in total. The van der Waals surface area contributed by atoms with E-state index >= 15 is 0 Å². The molecule has 3 heterocycles. The second kappa shape index (κ2) is 9.22. The fourth-order valence-corrected chi connectivity index (χ4v) is 4.91. The molecule has 2 aliphatic rings. The molecule has 1 unspecified atom stereocenters. The first kappa shape index (κ1) is 23.2. The average Bonchev–Trinajstić information content (AvgIpc) is 3.29. The third-order valence-electron chi connectivity index (χ3n) is 6.63. The van der Waals surface area contributed by atoms with E-state index in [1.54, 1.807) is 18.3 Å². The number of nitrogens with zero attached hydrogens (tertiary/aromatic N) is 3. The van der Waals surface area contributed by atoms with Gasteiger partial charge in [-0.1, -0.05) is 6.07 Å². The minimum atomic E-state index is -1.51. The Balaban J connectivity index is 1.46. The molecular formula is C26H25F3N4O2. The summed E-state index contributed by atoms with van der Waals surface area (Å²) in [6, 6.07) is 6.89. The summed E-state index contributed by atoms with van der Waals surface area (Å²) in [7, 11) is 1.59. The monoisotopic (exact) mass is 482 g/mol. The molecule has 5 rings (SSSR count). The molecule has 1 aromatic heterocycles. The summed E-state index contributed by atoms with van der Waals surface area (Å²) < 4.78 is 48.8. The maximum absolute atomic E-state index is 13.9. The van der Waals surface area contributed by atoms with E-state index in [0.29, 0.717) is 37.3 Å². The molecule has 9 heteroatoms. The van der Waals surface area contributed by atoms with Gasteiger partial charge in [0, 0.05) is 30.9 Å². The average molecular weight is 483 g/mol. The molecule has 0 spiro atoms. The number of piperidine rings is 1. The quantitative estimate of drug-likeness (QED) is 0.445. The van der Waals surface area contributed by atoms with Crippen LogP contribution in [0.4, 0.5) is 13.2 Å². The highest BCUT2D eigenvalue weighted by atomic mass is 19.2. The van der Waals surface area contributed by atoms with Gasteiger partial charge in [-0.25, -0.2) is 18.2 Å². The van der Waals surface area contributed by atoms with Crippen LogP contribution in [-0.2, 0) is 4.79 Å². The lowest BCUT2D eigenvalue weighted by Crippen LogP contribution is -2.57. The first-order chi connectivity index (χ1) is 16.9. The van der Waals surface area contributed by atoms with Crippen LogP contribution in [0.1, 0.15) is 35.7 Å². The van der Waals surface area contributed by atoms with Crippen molar-refractivity contribution in [3.8, 4) is 11.4 Å². The number of carbonyl (C=O) groups excluding carboxylic acids is 1. The van der Waals surface area contributed by atoms with Crippen molar-refractivity contribution in [1.82, 2.24) is 19.8 Å². The third-order valence-corrected chi connectivity index (χ3v) is 6.63. The predicted octanol–water partition coefficient (Wildman–Crippen LogP) is 4.33. The topological polar surface area (TPSA) is 59.4 Å². The van der Waals surface area contributed by atoms with E-state index in [2.05, 4.69) is 10.3 Å². The highest BCUT2D eigenvalue weighted by molar-refractivity contribution is 5.99. The lowest BCUT2D eigenvalue weighted by molar-refractivity contribution is -0.135. The molecule has 35 heavy (non-hydrogen) atoms. The van der Waals surface area contributed by atoms with Crippen LogP contribution < -0.4 is 10.1 Å². The standard InChI is InChI=1S/C26H25F3N4O2/c1-15-13-32(14-31-15)22-6-3-16(8-24(22)35-2)7-17-4-5-19-11-30-12-23(33(19)26(17)34)18-9-20(27)25(29)21(28)10-18/h3,6-10,13-14,19,23,30H,4-5,11-12H2,1-2H3/b17-7+/t19-,23?/m0/s1. The first-order valence-corrected chi connectivity index (χ1v) is 11.4. The smallest absolute Gasteiger partial charge is 0.250 e.